The fraction of sp³-hybridized carbons (Fsp3) is 0.750. The Kier molecular flexibility index (Phi) is 2.54. The molecule has 1 saturated carbocycles. The van der Waals surface area contributed by atoms with Gasteiger partial charge in [-0.05, 0) is 42.6 Å². The molecule has 0 unspecified atom stereocenters. The quantitative estimate of drug-likeness (QED) is 0.816. The number of nitrogen functional groups attached to an aromatic ring is 1. The fourth-order valence-corrected chi connectivity index (χ4v) is 3.98. The van der Waals surface area contributed by atoms with Gasteiger partial charge < -0.3 is 10.6 Å². The lowest BCUT2D eigenvalue weighted by Gasteiger charge is -2.39. The van der Waals surface area contributed by atoms with Gasteiger partial charge >= 0.3 is 0 Å². The SMILES string of the molecule is Nc1cc(N2CCC3(CCCC3)CC2)sn1. The first-order valence-corrected chi connectivity index (χ1v) is 7.02. The molecule has 3 rings (SSSR count). The van der Waals surface area contributed by atoms with Crippen LogP contribution in [0.4, 0.5) is 10.8 Å². The Balaban J connectivity index is 1.66. The number of aromatic nitrogens is 1. The minimum absolute atomic E-state index is 0.668. The first kappa shape index (κ1) is 10.4. The van der Waals surface area contributed by atoms with E-state index in [2.05, 4.69) is 9.27 Å². The zero-order chi connectivity index (χ0) is 11.0. The monoisotopic (exact) mass is 237 g/mol. The third-order valence-electron chi connectivity index (χ3n) is 4.32. The van der Waals surface area contributed by atoms with E-state index < -0.39 is 0 Å². The normalized spacial score (nSPS) is 24.1. The number of nitrogens with zero attached hydrogens (tertiary/aromatic N) is 2. The molecule has 1 spiro atoms. The minimum atomic E-state index is 0.668. The van der Waals surface area contributed by atoms with Crippen LogP contribution in [0.5, 0.6) is 0 Å². The molecule has 1 aliphatic carbocycles. The summed E-state index contributed by atoms with van der Waals surface area (Å²) in [5, 5.41) is 1.25. The van der Waals surface area contributed by atoms with Gasteiger partial charge in [-0.25, -0.2) is 0 Å². The molecule has 3 nitrogen and oxygen atoms in total. The van der Waals surface area contributed by atoms with Gasteiger partial charge in [0.2, 0.25) is 0 Å². The summed E-state index contributed by atoms with van der Waals surface area (Å²) in [4.78, 5) is 2.46. The maximum Gasteiger partial charge on any atom is 0.139 e. The molecule has 0 amide bonds. The standard InChI is InChI=1S/C12H19N3S/c13-10-9-11(16-14-10)15-7-5-12(6-8-15)3-1-2-4-12/h9H,1-8H2,(H2,13,14). The molecule has 2 N–H and O–H groups in total. The average Bonchev–Trinajstić information content (AvgIpc) is 2.90. The lowest BCUT2D eigenvalue weighted by atomic mass is 9.77. The molecule has 0 atom stereocenters. The third kappa shape index (κ3) is 1.79. The molecule has 0 aromatic carbocycles. The molecule has 1 aromatic rings. The zero-order valence-electron chi connectivity index (χ0n) is 9.61. The highest BCUT2D eigenvalue weighted by molar-refractivity contribution is 7.10. The van der Waals surface area contributed by atoms with Crippen molar-refractivity contribution in [2.24, 2.45) is 5.41 Å². The first-order chi connectivity index (χ1) is 7.77. The van der Waals surface area contributed by atoms with E-state index in [0.29, 0.717) is 11.2 Å². The second kappa shape index (κ2) is 3.91. The van der Waals surface area contributed by atoms with Crippen molar-refractivity contribution in [2.45, 2.75) is 38.5 Å². The highest BCUT2D eigenvalue weighted by Crippen LogP contribution is 2.46. The van der Waals surface area contributed by atoms with Crippen molar-refractivity contribution in [3.05, 3.63) is 6.07 Å². The van der Waals surface area contributed by atoms with Gasteiger partial charge in [-0.15, -0.1) is 0 Å². The molecule has 1 saturated heterocycles. The highest BCUT2D eigenvalue weighted by Gasteiger charge is 2.37. The van der Waals surface area contributed by atoms with Crippen molar-refractivity contribution in [2.75, 3.05) is 23.7 Å². The Labute approximate surface area is 101 Å². The van der Waals surface area contributed by atoms with Crippen LogP contribution < -0.4 is 10.6 Å². The number of anilines is 2. The van der Waals surface area contributed by atoms with Crippen LogP contribution in [-0.4, -0.2) is 17.5 Å². The molecule has 2 heterocycles. The smallest absolute Gasteiger partial charge is 0.139 e. The topological polar surface area (TPSA) is 42.1 Å². The van der Waals surface area contributed by atoms with E-state index in [1.165, 1.54) is 68.1 Å². The van der Waals surface area contributed by atoms with E-state index in [1.807, 2.05) is 6.07 Å². The lowest BCUT2D eigenvalue weighted by Crippen LogP contribution is -2.38. The van der Waals surface area contributed by atoms with Gasteiger partial charge in [0, 0.05) is 19.2 Å². The van der Waals surface area contributed by atoms with Gasteiger partial charge in [0.05, 0.1) is 0 Å². The van der Waals surface area contributed by atoms with Crippen molar-refractivity contribution in [3.8, 4) is 0 Å². The molecular weight excluding hydrogens is 218 g/mol. The molecule has 4 heteroatoms. The fourth-order valence-electron chi connectivity index (χ4n) is 3.25. The number of nitrogens with two attached hydrogens (primary N) is 1. The van der Waals surface area contributed by atoms with Crippen LogP contribution >= 0.6 is 11.5 Å². The summed E-state index contributed by atoms with van der Waals surface area (Å²) < 4.78 is 4.16. The summed E-state index contributed by atoms with van der Waals surface area (Å²) in [7, 11) is 0. The molecule has 2 aliphatic rings. The van der Waals surface area contributed by atoms with Gasteiger partial charge in [-0.3, -0.25) is 0 Å². The number of rotatable bonds is 1. The van der Waals surface area contributed by atoms with E-state index in [9.17, 15) is 0 Å². The van der Waals surface area contributed by atoms with Gasteiger partial charge in [-0.2, -0.15) is 4.37 Å². The molecular formula is C12H19N3S. The number of hydrogen-bond donors (Lipinski definition) is 1. The second-order valence-electron chi connectivity index (χ2n) is 5.28. The summed E-state index contributed by atoms with van der Waals surface area (Å²) in [6.45, 7) is 2.39. The van der Waals surface area contributed by atoms with Crippen molar-refractivity contribution in [1.29, 1.82) is 0 Å². The lowest BCUT2D eigenvalue weighted by molar-refractivity contribution is 0.227. The highest BCUT2D eigenvalue weighted by atomic mass is 32.1. The second-order valence-corrected chi connectivity index (χ2v) is 6.07. The Morgan fingerprint density at radius 2 is 1.88 bits per heavy atom. The van der Waals surface area contributed by atoms with Gasteiger partial charge in [-0.1, -0.05) is 12.8 Å². The van der Waals surface area contributed by atoms with E-state index in [4.69, 9.17) is 5.73 Å². The maximum absolute atomic E-state index is 5.67. The van der Waals surface area contributed by atoms with Crippen molar-refractivity contribution < 1.29 is 0 Å². The molecule has 16 heavy (non-hydrogen) atoms. The van der Waals surface area contributed by atoms with Gasteiger partial charge in [0.25, 0.3) is 0 Å². The average molecular weight is 237 g/mol. The van der Waals surface area contributed by atoms with Crippen molar-refractivity contribution in [1.82, 2.24) is 4.37 Å². The minimum Gasteiger partial charge on any atom is -0.383 e. The molecule has 0 bridgehead atoms. The van der Waals surface area contributed by atoms with Crippen LogP contribution in [0, 0.1) is 5.41 Å². The summed E-state index contributed by atoms with van der Waals surface area (Å²) >= 11 is 1.54. The number of hydrogen-bond acceptors (Lipinski definition) is 4. The first-order valence-electron chi connectivity index (χ1n) is 6.25. The van der Waals surface area contributed by atoms with Crippen molar-refractivity contribution >= 4 is 22.4 Å². The van der Waals surface area contributed by atoms with E-state index in [1.54, 1.807) is 0 Å². The van der Waals surface area contributed by atoms with Gasteiger partial charge in [0.15, 0.2) is 0 Å². The van der Waals surface area contributed by atoms with E-state index >= 15 is 0 Å². The largest absolute Gasteiger partial charge is 0.383 e. The Hall–Kier alpha value is -0.770. The van der Waals surface area contributed by atoms with Crippen LogP contribution in [-0.2, 0) is 0 Å². The van der Waals surface area contributed by atoms with Crippen LogP contribution in [0.15, 0.2) is 6.07 Å². The maximum atomic E-state index is 5.67. The Morgan fingerprint density at radius 1 is 1.19 bits per heavy atom. The third-order valence-corrected chi connectivity index (χ3v) is 5.18. The number of piperidine rings is 1. The summed E-state index contributed by atoms with van der Waals surface area (Å²) in [5.41, 5.74) is 6.37. The van der Waals surface area contributed by atoms with Crippen molar-refractivity contribution in [3.63, 3.8) is 0 Å². The molecule has 88 valence electrons. The summed E-state index contributed by atoms with van der Waals surface area (Å²) in [5.74, 6) is 0.668. The predicted molar refractivity (Wildman–Crippen MR) is 68.9 cm³/mol. The Bertz CT molecular complexity index is 358. The molecule has 2 fully saturated rings. The molecule has 1 aromatic heterocycles. The molecule has 0 radical (unpaired) electrons. The van der Waals surface area contributed by atoms with E-state index in [0.717, 1.165) is 0 Å². The van der Waals surface area contributed by atoms with E-state index in [-0.39, 0.29) is 0 Å². The summed E-state index contributed by atoms with van der Waals surface area (Å²) in [6, 6.07) is 2.01. The van der Waals surface area contributed by atoms with Crippen LogP contribution in [0.2, 0.25) is 0 Å². The van der Waals surface area contributed by atoms with Gasteiger partial charge in [0.1, 0.15) is 10.8 Å². The van der Waals surface area contributed by atoms with Crippen LogP contribution in [0.1, 0.15) is 38.5 Å². The van der Waals surface area contributed by atoms with Crippen LogP contribution in [0.3, 0.4) is 0 Å². The Morgan fingerprint density at radius 3 is 2.44 bits per heavy atom. The summed E-state index contributed by atoms with van der Waals surface area (Å²) in [6.07, 6.45) is 8.56. The molecule has 1 aliphatic heterocycles. The van der Waals surface area contributed by atoms with Crippen LogP contribution in [0.25, 0.3) is 0 Å². The predicted octanol–water partition coefficient (Wildman–Crippen LogP) is 2.89. The zero-order valence-corrected chi connectivity index (χ0v) is 10.4.